The molecule has 0 radical (unpaired) electrons. The van der Waals surface area contributed by atoms with Crippen LogP contribution in [-0.4, -0.2) is 42.1 Å². The number of carboxylic acid groups (broad SMARTS) is 1. The molecule has 6 heteroatoms. The summed E-state index contributed by atoms with van der Waals surface area (Å²) < 4.78 is 5.22. The third-order valence-corrected chi connectivity index (χ3v) is 3.70. The van der Waals surface area contributed by atoms with Crippen LogP contribution in [0.15, 0.2) is 24.3 Å². The largest absolute Gasteiger partial charge is 0.496 e. The minimum Gasteiger partial charge on any atom is -0.496 e. The van der Waals surface area contributed by atoms with Crippen molar-refractivity contribution in [1.29, 1.82) is 0 Å². The Bertz CT molecular complexity index is 478. The van der Waals surface area contributed by atoms with E-state index >= 15 is 0 Å². The van der Waals surface area contributed by atoms with E-state index in [0.29, 0.717) is 18.6 Å². The lowest BCUT2D eigenvalue weighted by atomic mass is 10.1. The maximum absolute atomic E-state index is 11.9. The highest BCUT2D eigenvalue weighted by molar-refractivity contribution is 7.98. The highest BCUT2D eigenvalue weighted by Crippen LogP contribution is 2.18. The molecule has 0 aliphatic carbocycles. The third kappa shape index (κ3) is 6.08. The molecule has 21 heavy (non-hydrogen) atoms. The van der Waals surface area contributed by atoms with Crippen LogP contribution in [0.25, 0.3) is 0 Å². The number of carboxylic acids is 1. The predicted molar refractivity (Wildman–Crippen MR) is 83.9 cm³/mol. The fourth-order valence-electron chi connectivity index (χ4n) is 1.92. The second-order valence-corrected chi connectivity index (χ2v) is 5.54. The number of amides is 1. The van der Waals surface area contributed by atoms with E-state index in [2.05, 4.69) is 5.32 Å². The van der Waals surface area contributed by atoms with Gasteiger partial charge in [0.1, 0.15) is 11.8 Å². The van der Waals surface area contributed by atoms with Gasteiger partial charge in [-0.2, -0.15) is 11.8 Å². The second kappa shape index (κ2) is 9.28. The Morgan fingerprint density at radius 1 is 1.38 bits per heavy atom. The van der Waals surface area contributed by atoms with Gasteiger partial charge in [0.2, 0.25) is 5.91 Å². The quantitative estimate of drug-likeness (QED) is 0.729. The summed E-state index contributed by atoms with van der Waals surface area (Å²) in [5.41, 5.74) is 0.936. The van der Waals surface area contributed by atoms with Crippen molar-refractivity contribution >= 4 is 23.6 Å². The van der Waals surface area contributed by atoms with Gasteiger partial charge in [0, 0.05) is 6.42 Å². The average Bonchev–Trinajstić information content (AvgIpc) is 2.49. The van der Waals surface area contributed by atoms with Crippen LogP contribution in [-0.2, 0) is 16.0 Å². The van der Waals surface area contributed by atoms with Crippen molar-refractivity contribution in [2.75, 3.05) is 19.1 Å². The Hall–Kier alpha value is -1.69. The van der Waals surface area contributed by atoms with Crippen LogP contribution in [0.1, 0.15) is 18.4 Å². The molecule has 0 heterocycles. The first-order valence-electron chi connectivity index (χ1n) is 6.71. The maximum atomic E-state index is 11.9. The summed E-state index contributed by atoms with van der Waals surface area (Å²) in [7, 11) is 1.59. The average molecular weight is 311 g/mol. The molecule has 1 amide bonds. The first-order chi connectivity index (χ1) is 10.1. The van der Waals surface area contributed by atoms with Crippen LogP contribution in [0.4, 0.5) is 0 Å². The van der Waals surface area contributed by atoms with E-state index < -0.39 is 12.0 Å². The molecule has 0 bridgehead atoms. The highest BCUT2D eigenvalue weighted by Gasteiger charge is 2.19. The molecule has 0 saturated carbocycles. The van der Waals surface area contributed by atoms with Crippen molar-refractivity contribution in [3.63, 3.8) is 0 Å². The zero-order chi connectivity index (χ0) is 15.7. The molecule has 0 spiro atoms. The Kier molecular flexibility index (Phi) is 7.68. The van der Waals surface area contributed by atoms with Crippen molar-refractivity contribution in [3.8, 4) is 5.75 Å². The number of hydrogen-bond acceptors (Lipinski definition) is 4. The molecule has 0 aromatic heterocycles. The van der Waals surface area contributed by atoms with E-state index in [0.717, 1.165) is 11.3 Å². The fourth-order valence-corrected chi connectivity index (χ4v) is 2.39. The molecule has 0 fully saturated rings. The van der Waals surface area contributed by atoms with E-state index in [1.54, 1.807) is 18.9 Å². The number of nitrogens with one attached hydrogen (secondary N) is 1. The smallest absolute Gasteiger partial charge is 0.326 e. The number of carbonyl (C=O) groups excluding carboxylic acids is 1. The van der Waals surface area contributed by atoms with Crippen LogP contribution in [0.5, 0.6) is 5.75 Å². The van der Waals surface area contributed by atoms with Gasteiger partial charge in [-0.25, -0.2) is 4.79 Å². The van der Waals surface area contributed by atoms with Crippen LogP contribution >= 0.6 is 11.8 Å². The fraction of sp³-hybridized carbons (Fsp3) is 0.467. The lowest BCUT2D eigenvalue weighted by Crippen LogP contribution is -2.41. The first-order valence-corrected chi connectivity index (χ1v) is 8.11. The number of methoxy groups -OCH3 is 1. The normalized spacial score (nSPS) is 11.7. The van der Waals surface area contributed by atoms with E-state index in [-0.39, 0.29) is 12.3 Å². The molecular formula is C15H21NO4S. The van der Waals surface area contributed by atoms with Crippen LogP contribution in [0.2, 0.25) is 0 Å². The zero-order valence-electron chi connectivity index (χ0n) is 12.3. The van der Waals surface area contributed by atoms with Crippen molar-refractivity contribution in [2.24, 2.45) is 0 Å². The van der Waals surface area contributed by atoms with E-state index in [9.17, 15) is 9.59 Å². The molecule has 2 N–H and O–H groups in total. The molecular weight excluding hydrogens is 290 g/mol. The third-order valence-electron chi connectivity index (χ3n) is 3.06. The molecule has 0 unspecified atom stereocenters. The number of benzene rings is 1. The van der Waals surface area contributed by atoms with Crippen molar-refractivity contribution in [2.45, 2.75) is 25.3 Å². The summed E-state index contributed by atoms with van der Waals surface area (Å²) in [4.78, 5) is 22.9. The first kappa shape index (κ1) is 17.4. The molecule has 1 rings (SSSR count). The number of carbonyl (C=O) groups is 2. The highest BCUT2D eigenvalue weighted by atomic mass is 32.2. The number of para-hydroxylation sites is 1. The SMILES string of the molecule is COc1ccccc1CCC(=O)N[C@@H](CCSC)C(=O)O. The molecule has 1 aromatic carbocycles. The van der Waals surface area contributed by atoms with Crippen LogP contribution in [0.3, 0.4) is 0 Å². The molecule has 5 nitrogen and oxygen atoms in total. The Morgan fingerprint density at radius 3 is 2.71 bits per heavy atom. The second-order valence-electron chi connectivity index (χ2n) is 4.55. The maximum Gasteiger partial charge on any atom is 0.326 e. The van der Waals surface area contributed by atoms with Gasteiger partial charge < -0.3 is 15.2 Å². The van der Waals surface area contributed by atoms with Gasteiger partial charge in [-0.05, 0) is 36.5 Å². The number of rotatable bonds is 9. The van der Waals surface area contributed by atoms with Gasteiger partial charge in [-0.3, -0.25) is 4.79 Å². The van der Waals surface area contributed by atoms with Gasteiger partial charge in [0.15, 0.2) is 0 Å². The minimum absolute atomic E-state index is 0.240. The van der Waals surface area contributed by atoms with E-state index in [1.165, 1.54) is 0 Å². The van der Waals surface area contributed by atoms with Gasteiger partial charge in [0.05, 0.1) is 7.11 Å². The molecule has 0 saturated heterocycles. The summed E-state index contributed by atoms with van der Waals surface area (Å²) >= 11 is 1.56. The molecule has 0 aliphatic heterocycles. The van der Waals surface area contributed by atoms with Gasteiger partial charge in [-0.1, -0.05) is 18.2 Å². The van der Waals surface area contributed by atoms with Crippen molar-refractivity contribution in [1.82, 2.24) is 5.32 Å². The van der Waals surface area contributed by atoms with Crippen molar-refractivity contribution in [3.05, 3.63) is 29.8 Å². The van der Waals surface area contributed by atoms with E-state index in [4.69, 9.17) is 9.84 Å². The lowest BCUT2D eigenvalue weighted by Gasteiger charge is -2.14. The molecule has 116 valence electrons. The van der Waals surface area contributed by atoms with Crippen LogP contribution in [0, 0.1) is 0 Å². The topological polar surface area (TPSA) is 75.6 Å². The predicted octanol–water partition coefficient (Wildman–Crippen LogP) is 1.95. The Morgan fingerprint density at radius 2 is 2.10 bits per heavy atom. The summed E-state index contributed by atoms with van der Waals surface area (Å²) in [6.07, 6.45) is 3.09. The van der Waals surface area contributed by atoms with E-state index in [1.807, 2.05) is 30.5 Å². The zero-order valence-corrected chi connectivity index (χ0v) is 13.1. The number of hydrogen-bond donors (Lipinski definition) is 2. The lowest BCUT2D eigenvalue weighted by molar-refractivity contribution is -0.141. The summed E-state index contributed by atoms with van der Waals surface area (Å²) in [6, 6.07) is 6.67. The monoisotopic (exact) mass is 311 g/mol. The van der Waals surface area contributed by atoms with Gasteiger partial charge in [0.25, 0.3) is 0 Å². The molecule has 1 atom stereocenters. The van der Waals surface area contributed by atoms with Crippen LogP contribution < -0.4 is 10.1 Å². The minimum atomic E-state index is -0.991. The number of aliphatic carboxylic acids is 1. The number of ether oxygens (including phenoxy) is 1. The Labute approximate surface area is 129 Å². The van der Waals surface area contributed by atoms with Gasteiger partial charge >= 0.3 is 5.97 Å². The van der Waals surface area contributed by atoms with Crippen molar-refractivity contribution < 1.29 is 19.4 Å². The summed E-state index contributed by atoms with van der Waals surface area (Å²) in [5.74, 6) is 0.190. The standard InChI is InChI=1S/C15H21NO4S/c1-20-13-6-4-3-5-11(13)7-8-14(17)16-12(15(18)19)9-10-21-2/h3-6,12H,7-10H2,1-2H3,(H,16,17)(H,18,19)/t12-/m0/s1. The number of thioether (sulfide) groups is 1. The summed E-state index contributed by atoms with van der Waals surface area (Å²) in [5, 5.41) is 11.6. The molecule has 0 aliphatic rings. The number of aryl methyl sites for hydroxylation is 1. The molecule has 1 aromatic rings. The Balaban J connectivity index is 2.50. The summed E-state index contributed by atoms with van der Waals surface area (Å²) in [6.45, 7) is 0. The van der Waals surface area contributed by atoms with Gasteiger partial charge in [-0.15, -0.1) is 0 Å².